The maximum absolute atomic E-state index is 13.8. The lowest BCUT2D eigenvalue weighted by molar-refractivity contribution is 0.399. The van der Waals surface area contributed by atoms with E-state index in [0.717, 1.165) is 12.8 Å². The summed E-state index contributed by atoms with van der Waals surface area (Å²) in [5.74, 6) is -0.913. The van der Waals surface area contributed by atoms with Gasteiger partial charge in [0.1, 0.15) is 17.4 Å². The Kier molecular flexibility index (Phi) is 5.35. The average Bonchev–Trinajstić information content (AvgIpc) is 2.32. The highest BCUT2D eigenvalue weighted by atomic mass is 19.1. The number of halogens is 2. The number of methoxy groups -OCH3 is 1. The summed E-state index contributed by atoms with van der Waals surface area (Å²) in [7, 11) is 3.10. The fourth-order valence-corrected chi connectivity index (χ4v) is 1.85. The predicted molar refractivity (Wildman–Crippen MR) is 64.2 cm³/mol. The lowest BCUT2D eigenvalue weighted by Gasteiger charge is -2.18. The first-order valence-corrected chi connectivity index (χ1v) is 5.84. The second-order valence-corrected chi connectivity index (χ2v) is 3.99. The second kappa shape index (κ2) is 6.55. The van der Waals surface area contributed by atoms with Crippen LogP contribution >= 0.6 is 0 Å². The largest absolute Gasteiger partial charge is 0.497 e. The van der Waals surface area contributed by atoms with Crippen LogP contribution in [-0.2, 0) is 0 Å². The summed E-state index contributed by atoms with van der Waals surface area (Å²) < 4.78 is 32.4. The molecule has 0 saturated carbocycles. The van der Waals surface area contributed by atoms with Crippen molar-refractivity contribution in [2.24, 2.45) is 0 Å². The predicted octanol–water partition coefficient (Wildman–Crippen LogP) is 3.42. The molecule has 1 aromatic rings. The Morgan fingerprint density at radius 1 is 1.29 bits per heavy atom. The topological polar surface area (TPSA) is 21.3 Å². The molecule has 0 fully saturated rings. The Labute approximate surface area is 101 Å². The average molecular weight is 243 g/mol. The van der Waals surface area contributed by atoms with Crippen LogP contribution in [0.3, 0.4) is 0 Å². The molecule has 96 valence electrons. The van der Waals surface area contributed by atoms with E-state index in [1.165, 1.54) is 19.2 Å². The standard InChI is InChI=1S/C13H19F2NO/c1-4-5-6-12(16-2)13-10(14)7-9(17-3)8-11(13)15/h7-8,12,16H,4-6H2,1-3H3. The zero-order chi connectivity index (χ0) is 12.8. The molecule has 0 aliphatic heterocycles. The van der Waals surface area contributed by atoms with Gasteiger partial charge in [-0.05, 0) is 13.5 Å². The van der Waals surface area contributed by atoms with E-state index in [9.17, 15) is 8.78 Å². The zero-order valence-electron chi connectivity index (χ0n) is 10.5. The molecule has 2 nitrogen and oxygen atoms in total. The van der Waals surface area contributed by atoms with Gasteiger partial charge in [-0.3, -0.25) is 0 Å². The van der Waals surface area contributed by atoms with Gasteiger partial charge in [0.2, 0.25) is 0 Å². The van der Waals surface area contributed by atoms with Gasteiger partial charge >= 0.3 is 0 Å². The van der Waals surface area contributed by atoms with Gasteiger partial charge < -0.3 is 10.1 Å². The number of rotatable bonds is 6. The van der Waals surface area contributed by atoms with E-state index in [-0.39, 0.29) is 17.4 Å². The Morgan fingerprint density at radius 3 is 2.29 bits per heavy atom. The van der Waals surface area contributed by atoms with Crippen LogP contribution in [0.2, 0.25) is 0 Å². The molecular weight excluding hydrogens is 224 g/mol. The molecule has 0 aliphatic carbocycles. The molecule has 0 spiro atoms. The maximum atomic E-state index is 13.8. The molecule has 1 unspecified atom stereocenters. The highest BCUT2D eigenvalue weighted by Crippen LogP contribution is 2.28. The molecule has 0 bridgehead atoms. The van der Waals surface area contributed by atoms with Gasteiger partial charge in [0.05, 0.1) is 7.11 Å². The van der Waals surface area contributed by atoms with Gasteiger partial charge in [0.15, 0.2) is 0 Å². The normalized spacial score (nSPS) is 12.5. The number of unbranched alkanes of at least 4 members (excludes halogenated alkanes) is 1. The van der Waals surface area contributed by atoms with Crippen LogP contribution in [-0.4, -0.2) is 14.2 Å². The SMILES string of the molecule is CCCCC(NC)c1c(F)cc(OC)cc1F. The molecule has 1 atom stereocenters. The molecule has 0 amide bonds. The Morgan fingerprint density at radius 2 is 1.88 bits per heavy atom. The van der Waals surface area contributed by atoms with Gasteiger partial charge in [0.25, 0.3) is 0 Å². The summed E-state index contributed by atoms with van der Waals surface area (Å²) in [4.78, 5) is 0. The van der Waals surface area contributed by atoms with Crippen molar-refractivity contribution < 1.29 is 13.5 Å². The molecule has 0 radical (unpaired) electrons. The zero-order valence-corrected chi connectivity index (χ0v) is 10.5. The van der Waals surface area contributed by atoms with Crippen molar-refractivity contribution in [3.05, 3.63) is 29.3 Å². The van der Waals surface area contributed by atoms with Crippen molar-refractivity contribution in [2.45, 2.75) is 32.2 Å². The molecule has 1 aromatic carbocycles. The minimum atomic E-state index is -0.558. The molecule has 0 aromatic heterocycles. The van der Waals surface area contributed by atoms with Crippen LogP contribution in [0.25, 0.3) is 0 Å². The summed E-state index contributed by atoms with van der Waals surface area (Å²) in [6.45, 7) is 2.05. The first kappa shape index (κ1) is 13.9. The van der Waals surface area contributed by atoms with Crippen LogP contribution < -0.4 is 10.1 Å². The Hall–Kier alpha value is -1.16. The van der Waals surface area contributed by atoms with Gasteiger partial charge in [-0.15, -0.1) is 0 Å². The van der Waals surface area contributed by atoms with Crippen molar-refractivity contribution in [1.82, 2.24) is 5.32 Å². The van der Waals surface area contributed by atoms with Crippen LogP contribution in [0.4, 0.5) is 8.78 Å². The van der Waals surface area contributed by atoms with E-state index in [1.807, 2.05) is 6.92 Å². The van der Waals surface area contributed by atoms with Crippen LogP contribution in [0.15, 0.2) is 12.1 Å². The van der Waals surface area contributed by atoms with E-state index in [2.05, 4.69) is 5.32 Å². The number of benzene rings is 1. The smallest absolute Gasteiger partial charge is 0.134 e. The third-order valence-electron chi connectivity index (χ3n) is 2.83. The fourth-order valence-electron chi connectivity index (χ4n) is 1.85. The third kappa shape index (κ3) is 3.40. The van der Waals surface area contributed by atoms with Crippen molar-refractivity contribution in [3.63, 3.8) is 0 Å². The van der Waals surface area contributed by atoms with E-state index < -0.39 is 11.6 Å². The van der Waals surface area contributed by atoms with Crippen LogP contribution in [0.1, 0.15) is 37.8 Å². The summed E-state index contributed by atoms with van der Waals surface area (Å²) in [5, 5.41) is 2.95. The third-order valence-corrected chi connectivity index (χ3v) is 2.83. The van der Waals surface area contributed by atoms with Crippen LogP contribution in [0.5, 0.6) is 5.75 Å². The molecule has 17 heavy (non-hydrogen) atoms. The quantitative estimate of drug-likeness (QED) is 0.826. The number of ether oxygens (including phenoxy) is 1. The molecule has 4 heteroatoms. The minimum absolute atomic E-state index is 0.0988. The highest BCUT2D eigenvalue weighted by Gasteiger charge is 2.19. The van der Waals surface area contributed by atoms with Crippen molar-refractivity contribution in [1.29, 1.82) is 0 Å². The maximum Gasteiger partial charge on any atom is 0.134 e. The minimum Gasteiger partial charge on any atom is -0.497 e. The lowest BCUT2D eigenvalue weighted by atomic mass is 10.00. The van der Waals surface area contributed by atoms with Gasteiger partial charge in [-0.25, -0.2) is 8.78 Å². The fraction of sp³-hybridized carbons (Fsp3) is 0.538. The number of hydrogen-bond acceptors (Lipinski definition) is 2. The molecular formula is C13H19F2NO. The van der Waals surface area contributed by atoms with E-state index in [4.69, 9.17) is 4.74 Å². The van der Waals surface area contributed by atoms with Gasteiger partial charge in [-0.2, -0.15) is 0 Å². The monoisotopic (exact) mass is 243 g/mol. The summed E-state index contributed by atoms with van der Waals surface area (Å²) in [5.41, 5.74) is 0.0988. The summed E-state index contributed by atoms with van der Waals surface area (Å²) in [6.07, 6.45) is 2.64. The molecule has 0 saturated heterocycles. The highest BCUT2D eigenvalue weighted by molar-refractivity contribution is 5.32. The van der Waals surface area contributed by atoms with Gasteiger partial charge in [0, 0.05) is 23.7 Å². The number of hydrogen-bond donors (Lipinski definition) is 1. The molecule has 1 N–H and O–H groups in total. The molecule has 1 rings (SSSR count). The summed E-state index contributed by atoms with van der Waals surface area (Å²) in [6, 6.07) is 2.14. The Balaban J connectivity index is 3.02. The Bertz CT molecular complexity index is 345. The lowest BCUT2D eigenvalue weighted by Crippen LogP contribution is -2.19. The first-order chi connectivity index (χ1) is 8.13. The summed E-state index contributed by atoms with van der Waals surface area (Å²) >= 11 is 0. The van der Waals surface area contributed by atoms with E-state index in [0.29, 0.717) is 6.42 Å². The van der Waals surface area contributed by atoms with Crippen molar-refractivity contribution in [2.75, 3.05) is 14.2 Å². The second-order valence-electron chi connectivity index (χ2n) is 3.99. The van der Waals surface area contributed by atoms with E-state index >= 15 is 0 Å². The van der Waals surface area contributed by atoms with Crippen molar-refractivity contribution in [3.8, 4) is 5.75 Å². The first-order valence-electron chi connectivity index (χ1n) is 5.84. The van der Waals surface area contributed by atoms with E-state index in [1.54, 1.807) is 7.05 Å². The molecule has 0 aliphatic rings. The van der Waals surface area contributed by atoms with Crippen LogP contribution in [0, 0.1) is 11.6 Å². The molecule has 0 heterocycles. The van der Waals surface area contributed by atoms with Crippen molar-refractivity contribution >= 4 is 0 Å². The van der Waals surface area contributed by atoms with Gasteiger partial charge in [-0.1, -0.05) is 19.8 Å². The number of nitrogens with one attached hydrogen (secondary N) is 1.